The van der Waals surface area contributed by atoms with Gasteiger partial charge >= 0.3 is 5.69 Å². The van der Waals surface area contributed by atoms with Gasteiger partial charge in [-0.25, -0.2) is 18.6 Å². The third-order valence-corrected chi connectivity index (χ3v) is 3.96. The lowest BCUT2D eigenvalue weighted by molar-refractivity contribution is 0.153. The highest BCUT2D eigenvalue weighted by Gasteiger charge is 2.17. The van der Waals surface area contributed by atoms with E-state index < -0.39 is 11.6 Å². The molecule has 1 unspecified atom stereocenters. The molecule has 3 aromatic rings. The fourth-order valence-electron chi connectivity index (χ4n) is 2.73. The Balaban J connectivity index is 1.97. The van der Waals surface area contributed by atoms with Crippen molar-refractivity contribution in [3.63, 3.8) is 0 Å². The Morgan fingerprint density at radius 2 is 2.16 bits per heavy atom. The first-order valence-electron chi connectivity index (χ1n) is 7.84. The first-order valence-corrected chi connectivity index (χ1v) is 7.84. The summed E-state index contributed by atoms with van der Waals surface area (Å²) in [6, 6.07) is 4.78. The SMILES string of the molecule is CCC(COC)n1c(=O)[nH]c2cc(Nc3ccc(F)cc3F)cnc21. The van der Waals surface area contributed by atoms with Crippen molar-refractivity contribution in [2.24, 2.45) is 0 Å². The maximum absolute atomic E-state index is 13.8. The number of anilines is 2. The average Bonchev–Trinajstić information content (AvgIpc) is 2.90. The molecule has 0 radical (unpaired) electrons. The first kappa shape index (κ1) is 17.1. The molecule has 0 aliphatic rings. The molecule has 2 heterocycles. The van der Waals surface area contributed by atoms with Crippen LogP contribution in [-0.4, -0.2) is 28.3 Å². The van der Waals surface area contributed by atoms with Crippen LogP contribution in [0, 0.1) is 11.6 Å². The van der Waals surface area contributed by atoms with Crippen LogP contribution in [0.3, 0.4) is 0 Å². The molecule has 0 spiro atoms. The van der Waals surface area contributed by atoms with Crippen molar-refractivity contribution in [1.82, 2.24) is 14.5 Å². The van der Waals surface area contributed by atoms with Gasteiger partial charge < -0.3 is 15.0 Å². The summed E-state index contributed by atoms with van der Waals surface area (Å²) in [6.45, 7) is 2.36. The van der Waals surface area contributed by atoms with Gasteiger partial charge in [-0.1, -0.05) is 6.92 Å². The second-order valence-electron chi connectivity index (χ2n) is 5.66. The molecular formula is C17H18F2N4O2. The van der Waals surface area contributed by atoms with E-state index in [1.54, 1.807) is 17.7 Å². The molecule has 0 saturated heterocycles. The molecule has 0 fully saturated rings. The molecule has 25 heavy (non-hydrogen) atoms. The normalized spacial score (nSPS) is 12.5. The molecule has 0 bridgehead atoms. The van der Waals surface area contributed by atoms with Crippen LogP contribution >= 0.6 is 0 Å². The number of aromatic amines is 1. The number of hydrogen-bond donors (Lipinski definition) is 2. The van der Waals surface area contributed by atoms with Crippen molar-refractivity contribution < 1.29 is 13.5 Å². The number of hydrogen-bond acceptors (Lipinski definition) is 4. The lowest BCUT2D eigenvalue weighted by atomic mass is 10.2. The molecule has 8 heteroatoms. The summed E-state index contributed by atoms with van der Waals surface area (Å²) in [5.41, 5.74) is 1.34. The fraction of sp³-hybridized carbons (Fsp3) is 0.294. The molecule has 0 aliphatic carbocycles. The van der Waals surface area contributed by atoms with Crippen LogP contribution in [-0.2, 0) is 4.74 Å². The van der Waals surface area contributed by atoms with E-state index in [0.717, 1.165) is 12.1 Å². The molecule has 1 atom stereocenters. The van der Waals surface area contributed by atoms with Crippen LogP contribution in [0.4, 0.5) is 20.2 Å². The van der Waals surface area contributed by atoms with E-state index in [1.807, 2.05) is 6.92 Å². The standard InChI is InChI=1S/C17H18F2N4O2/c1-3-12(9-25-2)23-16-15(22-17(23)24)7-11(8-20-16)21-14-5-4-10(18)6-13(14)19/h4-8,12,21H,3,9H2,1-2H3,(H,22,24). The number of fused-ring (bicyclic) bond motifs is 1. The number of aromatic nitrogens is 3. The Bertz CT molecular complexity index is 951. The summed E-state index contributed by atoms with van der Waals surface area (Å²) in [6.07, 6.45) is 2.21. The van der Waals surface area contributed by atoms with Gasteiger partial charge in [0.25, 0.3) is 0 Å². The molecule has 0 amide bonds. The van der Waals surface area contributed by atoms with Crippen molar-refractivity contribution >= 4 is 22.5 Å². The summed E-state index contributed by atoms with van der Waals surface area (Å²) in [5, 5.41) is 2.83. The Morgan fingerprint density at radius 1 is 1.36 bits per heavy atom. The minimum Gasteiger partial charge on any atom is -0.383 e. The van der Waals surface area contributed by atoms with Crippen molar-refractivity contribution in [3.8, 4) is 0 Å². The Hall–Kier alpha value is -2.74. The number of halogens is 2. The van der Waals surface area contributed by atoms with E-state index in [0.29, 0.717) is 29.9 Å². The zero-order chi connectivity index (χ0) is 18.0. The summed E-state index contributed by atoms with van der Waals surface area (Å²) in [5.74, 6) is -1.36. The number of imidazole rings is 1. The number of methoxy groups -OCH3 is 1. The van der Waals surface area contributed by atoms with E-state index in [9.17, 15) is 13.6 Å². The second kappa shape index (κ2) is 7.02. The van der Waals surface area contributed by atoms with Gasteiger partial charge in [0.2, 0.25) is 0 Å². The lowest BCUT2D eigenvalue weighted by Crippen LogP contribution is -2.25. The van der Waals surface area contributed by atoms with Crippen LogP contribution in [0.15, 0.2) is 35.3 Å². The van der Waals surface area contributed by atoms with Gasteiger partial charge in [0.05, 0.1) is 35.7 Å². The summed E-state index contributed by atoms with van der Waals surface area (Å²) in [7, 11) is 1.58. The van der Waals surface area contributed by atoms with Crippen LogP contribution in [0.2, 0.25) is 0 Å². The predicted molar refractivity (Wildman–Crippen MR) is 91.2 cm³/mol. The first-order chi connectivity index (χ1) is 12.0. The molecule has 6 nitrogen and oxygen atoms in total. The van der Waals surface area contributed by atoms with Crippen LogP contribution in [0.1, 0.15) is 19.4 Å². The van der Waals surface area contributed by atoms with E-state index in [1.165, 1.54) is 12.3 Å². The molecule has 0 aliphatic heterocycles. The Morgan fingerprint density at radius 3 is 2.84 bits per heavy atom. The molecule has 1 aromatic carbocycles. The zero-order valence-electron chi connectivity index (χ0n) is 13.8. The number of nitrogens with zero attached hydrogens (tertiary/aromatic N) is 2. The largest absolute Gasteiger partial charge is 0.383 e. The second-order valence-corrected chi connectivity index (χ2v) is 5.66. The third-order valence-electron chi connectivity index (χ3n) is 3.96. The highest BCUT2D eigenvalue weighted by atomic mass is 19.1. The highest BCUT2D eigenvalue weighted by molar-refractivity contribution is 5.76. The minimum absolute atomic E-state index is 0.121. The van der Waals surface area contributed by atoms with E-state index >= 15 is 0 Å². The zero-order valence-corrected chi connectivity index (χ0v) is 13.8. The summed E-state index contributed by atoms with van der Waals surface area (Å²) < 4.78 is 33.5. The number of pyridine rings is 1. The molecule has 2 aromatic heterocycles. The maximum atomic E-state index is 13.8. The number of nitrogens with one attached hydrogen (secondary N) is 2. The van der Waals surface area contributed by atoms with Gasteiger partial charge in [0.1, 0.15) is 11.6 Å². The smallest absolute Gasteiger partial charge is 0.328 e. The molecular weight excluding hydrogens is 330 g/mol. The summed E-state index contributed by atoms with van der Waals surface area (Å²) in [4.78, 5) is 19.3. The Kier molecular flexibility index (Phi) is 4.80. The summed E-state index contributed by atoms with van der Waals surface area (Å²) >= 11 is 0. The maximum Gasteiger partial charge on any atom is 0.328 e. The van der Waals surface area contributed by atoms with Crippen LogP contribution in [0.25, 0.3) is 11.2 Å². The lowest BCUT2D eigenvalue weighted by Gasteiger charge is -2.15. The van der Waals surface area contributed by atoms with Gasteiger partial charge in [0, 0.05) is 13.2 Å². The highest BCUT2D eigenvalue weighted by Crippen LogP contribution is 2.23. The van der Waals surface area contributed by atoms with E-state index in [2.05, 4.69) is 15.3 Å². The molecule has 2 N–H and O–H groups in total. The van der Waals surface area contributed by atoms with E-state index in [-0.39, 0.29) is 17.4 Å². The molecule has 132 valence electrons. The molecule has 0 saturated carbocycles. The van der Waals surface area contributed by atoms with E-state index in [4.69, 9.17) is 4.74 Å². The van der Waals surface area contributed by atoms with Crippen LogP contribution < -0.4 is 11.0 Å². The Labute approximate surface area is 142 Å². The number of benzene rings is 1. The predicted octanol–water partition coefficient (Wildman–Crippen LogP) is 3.34. The number of H-pyrrole nitrogens is 1. The number of rotatable bonds is 6. The van der Waals surface area contributed by atoms with Gasteiger partial charge in [-0.15, -0.1) is 0 Å². The van der Waals surface area contributed by atoms with Crippen LogP contribution in [0.5, 0.6) is 0 Å². The number of ether oxygens (including phenoxy) is 1. The average molecular weight is 348 g/mol. The van der Waals surface area contributed by atoms with Gasteiger partial charge in [0.15, 0.2) is 5.65 Å². The van der Waals surface area contributed by atoms with Crippen molar-refractivity contribution in [3.05, 3.63) is 52.6 Å². The third kappa shape index (κ3) is 3.39. The molecule has 3 rings (SSSR count). The van der Waals surface area contributed by atoms with Gasteiger partial charge in [-0.05, 0) is 24.6 Å². The monoisotopic (exact) mass is 348 g/mol. The van der Waals surface area contributed by atoms with Crippen molar-refractivity contribution in [2.45, 2.75) is 19.4 Å². The quantitative estimate of drug-likeness (QED) is 0.717. The fourth-order valence-corrected chi connectivity index (χ4v) is 2.73. The van der Waals surface area contributed by atoms with Gasteiger partial charge in [-0.3, -0.25) is 4.57 Å². The van der Waals surface area contributed by atoms with Gasteiger partial charge in [-0.2, -0.15) is 0 Å². The van der Waals surface area contributed by atoms with Crippen molar-refractivity contribution in [1.29, 1.82) is 0 Å². The topological polar surface area (TPSA) is 71.9 Å². The minimum atomic E-state index is -0.711. The van der Waals surface area contributed by atoms with Crippen molar-refractivity contribution in [2.75, 3.05) is 19.0 Å².